The van der Waals surface area contributed by atoms with Gasteiger partial charge in [-0.1, -0.05) is 42.1 Å². The van der Waals surface area contributed by atoms with Gasteiger partial charge in [-0.3, -0.25) is 13.8 Å². The van der Waals surface area contributed by atoms with E-state index < -0.39 is 0 Å². The lowest BCUT2D eigenvalue weighted by molar-refractivity contribution is 0.915. The van der Waals surface area contributed by atoms with Crippen LogP contribution in [0.1, 0.15) is 11.3 Å². The molecule has 142 valence electrons. The number of nitrogens with zero attached hydrogens (tertiary/aromatic N) is 4. The lowest BCUT2D eigenvalue weighted by Gasteiger charge is -2.10. The van der Waals surface area contributed by atoms with E-state index in [9.17, 15) is 4.79 Å². The van der Waals surface area contributed by atoms with Crippen LogP contribution in [0.25, 0.3) is 22.4 Å². The Hall–Kier alpha value is -3.38. The summed E-state index contributed by atoms with van der Waals surface area (Å²) in [5.74, 6) is 0.565. The van der Waals surface area contributed by atoms with E-state index in [1.807, 2.05) is 36.4 Å². The fourth-order valence-electron chi connectivity index (χ4n) is 3.43. The number of benzene rings is 2. The normalized spacial score (nSPS) is 11.3. The van der Waals surface area contributed by atoms with Gasteiger partial charge in [-0.2, -0.15) is 0 Å². The number of aromatic nitrogens is 4. The number of pyridine rings is 1. The van der Waals surface area contributed by atoms with E-state index in [0.29, 0.717) is 11.4 Å². The molecule has 29 heavy (non-hydrogen) atoms. The first-order valence-electron chi connectivity index (χ1n) is 9.34. The van der Waals surface area contributed by atoms with Gasteiger partial charge in [0.25, 0.3) is 5.56 Å². The first-order valence-corrected chi connectivity index (χ1v) is 10.3. The monoisotopic (exact) mass is 398 g/mol. The van der Waals surface area contributed by atoms with Crippen molar-refractivity contribution in [2.24, 2.45) is 0 Å². The molecule has 0 unspecified atom stereocenters. The fourth-order valence-corrected chi connectivity index (χ4v) is 4.35. The van der Waals surface area contributed by atoms with Crippen molar-refractivity contribution >= 4 is 28.4 Å². The molecule has 3 aromatic heterocycles. The maximum Gasteiger partial charge on any atom is 0.258 e. The third-order valence-electron chi connectivity index (χ3n) is 4.76. The molecule has 3 heterocycles. The molecule has 0 aliphatic rings. The second-order valence-electron chi connectivity index (χ2n) is 6.86. The smallest absolute Gasteiger partial charge is 0.258 e. The Kier molecular flexibility index (Phi) is 4.41. The summed E-state index contributed by atoms with van der Waals surface area (Å²) in [5.41, 5.74) is 5.61. The molecule has 0 radical (unpaired) electrons. The Balaban J connectivity index is 1.56. The Morgan fingerprint density at radius 3 is 2.69 bits per heavy atom. The van der Waals surface area contributed by atoms with Gasteiger partial charge in [0.1, 0.15) is 5.65 Å². The van der Waals surface area contributed by atoms with Crippen LogP contribution < -0.4 is 5.56 Å². The summed E-state index contributed by atoms with van der Waals surface area (Å²) in [6.07, 6.45) is 1.73. The van der Waals surface area contributed by atoms with Crippen LogP contribution in [0, 0.1) is 6.92 Å². The van der Waals surface area contributed by atoms with Gasteiger partial charge < -0.3 is 0 Å². The lowest BCUT2D eigenvalue weighted by Crippen LogP contribution is -2.14. The van der Waals surface area contributed by atoms with Crippen molar-refractivity contribution in [3.63, 3.8) is 0 Å². The van der Waals surface area contributed by atoms with Crippen LogP contribution >= 0.6 is 11.8 Å². The number of hydrogen-bond acceptors (Lipinski definition) is 4. The zero-order chi connectivity index (χ0) is 19.8. The van der Waals surface area contributed by atoms with E-state index in [1.165, 1.54) is 5.56 Å². The van der Waals surface area contributed by atoms with Crippen molar-refractivity contribution in [2.75, 3.05) is 0 Å². The van der Waals surface area contributed by atoms with Crippen molar-refractivity contribution in [1.82, 2.24) is 18.9 Å². The highest BCUT2D eigenvalue weighted by atomic mass is 32.2. The Bertz CT molecular complexity index is 1400. The highest BCUT2D eigenvalue weighted by Gasteiger charge is 2.14. The third-order valence-corrected chi connectivity index (χ3v) is 5.74. The zero-order valence-corrected chi connectivity index (χ0v) is 16.6. The molecule has 0 atom stereocenters. The molecule has 2 aromatic carbocycles. The van der Waals surface area contributed by atoms with E-state index >= 15 is 0 Å². The Morgan fingerprint density at radius 2 is 1.79 bits per heavy atom. The second-order valence-corrected chi connectivity index (χ2v) is 7.80. The van der Waals surface area contributed by atoms with Gasteiger partial charge in [-0.25, -0.2) is 9.97 Å². The first-order chi connectivity index (χ1) is 14.2. The highest BCUT2D eigenvalue weighted by molar-refractivity contribution is 7.98. The maximum atomic E-state index is 12.4. The minimum Gasteiger partial charge on any atom is -0.287 e. The first kappa shape index (κ1) is 17.7. The minimum absolute atomic E-state index is 0.0709. The van der Waals surface area contributed by atoms with E-state index in [4.69, 9.17) is 4.98 Å². The predicted octanol–water partition coefficient (Wildman–Crippen LogP) is 4.63. The van der Waals surface area contributed by atoms with Gasteiger partial charge in [0, 0.05) is 23.7 Å². The lowest BCUT2D eigenvalue weighted by atomic mass is 10.2. The number of fused-ring (bicyclic) bond motifs is 2. The molecule has 0 N–H and O–H groups in total. The topological polar surface area (TPSA) is 52.2 Å². The van der Waals surface area contributed by atoms with Gasteiger partial charge in [-0.05, 0) is 48.9 Å². The third kappa shape index (κ3) is 3.32. The summed E-state index contributed by atoms with van der Waals surface area (Å²) in [6.45, 7) is 2.09. The largest absolute Gasteiger partial charge is 0.287 e. The molecule has 0 amide bonds. The van der Waals surface area contributed by atoms with Crippen LogP contribution in [-0.2, 0) is 5.75 Å². The summed E-state index contributed by atoms with van der Waals surface area (Å²) in [4.78, 5) is 21.8. The number of para-hydroxylation sites is 2. The minimum atomic E-state index is -0.0709. The van der Waals surface area contributed by atoms with Gasteiger partial charge in [0.2, 0.25) is 0 Å². The molecule has 0 fully saturated rings. The highest BCUT2D eigenvalue weighted by Crippen LogP contribution is 2.29. The van der Waals surface area contributed by atoms with Crippen LogP contribution in [-0.4, -0.2) is 18.9 Å². The SMILES string of the molecule is Cc1cccc(-n2c(SCc3cc(=O)n4ccccc4n3)nc3ccccc32)c1. The summed E-state index contributed by atoms with van der Waals surface area (Å²) < 4.78 is 3.72. The summed E-state index contributed by atoms with van der Waals surface area (Å²) >= 11 is 1.59. The molecule has 5 aromatic rings. The van der Waals surface area contributed by atoms with Crippen molar-refractivity contribution in [1.29, 1.82) is 0 Å². The van der Waals surface area contributed by atoms with Crippen LogP contribution in [0.3, 0.4) is 0 Å². The maximum absolute atomic E-state index is 12.4. The molecule has 0 spiro atoms. The second kappa shape index (κ2) is 7.22. The summed E-state index contributed by atoms with van der Waals surface area (Å²) in [5, 5.41) is 0.881. The van der Waals surface area contributed by atoms with E-state index in [2.05, 4.69) is 46.8 Å². The van der Waals surface area contributed by atoms with E-state index in [0.717, 1.165) is 27.6 Å². The molecule has 6 heteroatoms. The van der Waals surface area contributed by atoms with Crippen molar-refractivity contribution in [3.05, 3.63) is 101 Å². The zero-order valence-electron chi connectivity index (χ0n) is 15.8. The van der Waals surface area contributed by atoms with E-state index in [-0.39, 0.29) is 5.56 Å². The number of thioether (sulfide) groups is 1. The van der Waals surface area contributed by atoms with Crippen molar-refractivity contribution in [2.45, 2.75) is 17.8 Å². The average molecular weight is 398 g/mol. The van der Waals surface area contributed by atoms with Crippen molar-refractivity contribution in [3.8, 4) is 5.69 Å². The summed E-state index contributed by atoms with van der Waals surface area (Å²) in [6, 6.07) is 23.7. The quantitative estimate of drug-likeness (QED) is 0.414. The van der Waals surface area contributed by atoms with Crippen molar-refractivity contribution < 1.29 is 0 Å². The molecule has 5 nitrogen and oxygen atoms in total. The van der Waals surface area contributed by atoms with Gasteiger partial charge in [0.05, 0.1) is 16.7 Å². The molecule has 0 aliphatic heterocycles. The van der Waals surface area contributed by atoms with Crippen LogP contribution in [0.4, 0.5) is 0 Å². The average Bonchev–Trinajstić information content (AvgIpc) is 3.11. The summed E-state index contributed by atoms with van der Waals surface area (Å²) in [7, 11) is 0. The van der Waals surface area contributed by atoms with Gasteiger partial charge >= 0.3 is 0 Å². The van der Waals surface area contributed by atoms with Crippen LogP contribution in [0.5, 0.6) is 0 Å². The standard InChI is InChI=1S/C23H18N4OS/c1-16-7-6-8-18(13-16)27-20-10-3-2-9-19(20)25-23(27)29-15-17-14-22(28)26-12-5-4-11-21(26)24-17/h2-14H,15H2,1H3. The molecule has 0 saturated heterocycles. The van der Waals surface area contributed by atoms with Gasteiger partial charge in [0.15, 0.2) is 5.16 Å². The molecular formula is C23H18N4OS. The molecule has 0 bridgehead atoms. The molecule has 0 saturated carbocycles. The number of aryl methyl sites for hydroxylation is 1. The molecular weight excluding hydrogens is 380 g/mol. The van der Waals surface area contributed by atoms with Gasteiger partial charge in [-0.15, -0.1) is 0 Å². The Labute approximate surface area is 171 Å². The molecule has 0 aliphatic carbocycles. The fraction of sp³-hybridized carbons (Fsp3) is 0.0870. The number of imidazole rings is 1. The predicted molar refractivity (Wildman–Crippen MR) is 117 cm³/mol. The molecule has 5 rings (SSSR count). The van der Waals surface area contributed by atoms with E-state index in [1.54, 1.807) is 28.4 Å². The Morgan fingerprint density at radius 1 is 0.931 bits per heavy atom. The number of rotatable bonds is 4. The van der Waals surface area contributed by atoms with Crippen LogP contribution in [0.15, 0.2) is 88.9 Å². The number of hydrogen-bond donors (Lipinski definition) is 0. The van der Waals surface area contributed by atoms with Crippen LogP contribution in [0.2, 0.25) is 0 Å².